The van der Waals surface area contributed by atoms with Crippen molar-refractivity contribution < 1.29 is 14.6 Å². The van der Waals surface area contributed by atoms with Crippen LogP contribution < -0.4 is 15.4 Å². The van der Waals surface area contributed by atoms with Gasteiger partial charge >= 0.3 is 6.03 Å². The largest absolute Gasteiger partial charge is 0.492 e. The summed E-state index contributed by atoms with van der Waals surface area (Å²) < 4.78 is 5.57. The fourth-order valence-electron chi connectivity index (χ4n) is 3.91. The van der Waals surface area contributed by atoms with E-state index in [0.717, 1.165) is 25.8 Å². The molecule has 0 saturated carbocycles. The Bertz CT molecular complexity index is 580. The smallest absolute Gasteiger partial charge is 0.321 e. The summed E-state index contributed by atoms with van der Waals surface area (Å²) in [7, 11) is 0. The van der Waals surface area contributed by atoms with E-state index < -0.39 is 0 Å². The third kappa shape index (κ3) is 3.35. The van der Waals surface area contributed by atoms with E-state index >= 15 is 0 Å². The van der Waals surface area contributed by atoms with Crippen molar-refractivity contribution in [3.63, 3.8) is 0 Å². The number of aliphatic hydroxyl groups excluding tert-OH is 1. The van der Waals surface area contributed by atoms with E-state index in [-0.39, 0.29) is 18.1 Å². The fraction of sp³-hybridized carbons (Fsp3) is 0.611. The van der Waals surface area contributed by atoms with E-state index in [1.54, 1.807) is 0 Å². The zero-order valence-corrected chi connectivity index (χ0v) is 14.3. The summed E-state index contributed by atoms with van der Waals surface area (Å²) in [5.74, 6) is 0.680. The molecule has 6 nitrogen and oxygen atoms in total. The Kier molecular flexibility index (Phi) is 5.26. The molecule has 2 aliphatic heterocycles. The normalized spacial score (nSPS) is 26.6. The van der Waals surface area contributed by atoms with Crippen molar-refractivity contribution >= 4 is 11.7 Å². The number of hydrogen-bond acceptors (Lipinski definition) is 4. The second-order valence-electron chi connectivity index (χ2n) is 6.70. The number of aliphatic hydroxyl groups is 1. The number of para-hydroxylation sites is 2. The first-order valence-electron chi connectivity index (χ1n) is 8.80. The van der Waals surface area contributed by atoms with Crippen LogP contribution in [0.2, 0.25) is 0 Å². The molecule has 0 bridgehead atoms. The number of benzene rings is 1. The molecule has 0 radical (unpaired) electrons. The molecule has 3 N–H and O–H groups in total. The van der Waals surface area contributed by atoms with Crippen molar-refractivity contribution in [1.82, 2.24) is 10.2 Å². The Labute approximate surface area is 143 Å². The molecule has 1 aromatic carbocycles. The van der Waals surface area contributed by atoms with Gasteiger partial charge in [0, 0.05) is 24.5 Å². The standard InChI is InChI=1S/C18H27N3O3/c1-2-24-15-7-4-3-6-14(15)20-17(23)21-11-8-16-18(12-21,13-22)9-5-10-19-16/h3-4,6-7,16,19,22H,2,5,8-13H2,1H3,(H,20,23). The number of urea groups is 1. The maximum Gasteiger partial charge on any atom is 0.321 e. The first-order valence-corrected chi connectivity index (χ1v) is 8.80. The fourth-order valence-corrected chi connectivity index (χ4v) is 3.91. The average Bonchev–Trinajstić information content (AvgIpc) is 2.63. The number of nitrogens with one attached hydrogen (secondary N) is 2. The number of nitrogens with zero attached hydrogens (tertiary/aromatic N) is 1. The van der Waals surface area contributed by atoms with Crippen LogP contribution in [0.1, 0.15) is 26.2 Å². The van der Waals surface area contributed by atoms with Gasteiger partial charge < -0.3 is 25.4 Å². The molecule has 0 spiro atoms. The van der Waals surface area contributed by atoms with Gasteiger partial charge in [0.2, 0.25) is 0 Å². The second-order valence-corrected chi connectivity index (χ2v) is 6.70. The van der Waals surface area contributed by atoms with Crippen LogP contribution in [0.3, 0.4) is 0 Å². The first kappa shape index (κ1) is 17.0. The minimum atomic E-state index is -0.215. The minimum absolute atomic E-state index is 0.115. The lowest BCUT2D eigenvalue weighted by Gasteiger charge is -2.50. The number of amides is 2. The van der Waals surface area contributed by atoms with Crippen molar-refractivity contribution in [2.45, 2.75) is 32.2 Å². The summed E-state index contributed by atoms with van der Waals surface area (Å²) in [6.07, 6.45) is 2.88. The maximum absolute atomic E-state index is 12.7. The van der Waals surface area contributed by atoms with Gasteiger partial charge in [-0.25, -0.2) is 4.79 Å². The van der Waals surface area contributed by atoms with Crippen LogP contribution in [0, 0.1) is 5.41 Å². The molecule has 0 aromatic heterocycles. The molecule has 1 aromatic rings. The predicted molar refractivity (Wildman–Crippen MR) is 93.4 cm³/mol. The highest BCUT2D eigenvalue weighted by Crippen LogP contribution is 2.37. The molecule has 2 saturated heterocycles. The minimum Gasteiger partial charge on any atom is -0.492 e. The van der Waals surface area contributed by atoms with Gasteiger partial charge in [-0.05, 0) is 44.9 Å². The molecule has 2 atom stereocenters. The van der Waals surface area contributed by atoms with Crippen molar-refractivity contribution in [2.24, 2.45) is 5.41 Å². The molecule has 132 valence electrons. The second kappa shape index (κ2) is 7.40. The predicted octanol–water partition coefficient (Wildman–Crippen LogP) is 2.05. The Balaban J connectivity index is 1.70. The maximum atomic E-state index is 12.7. The van der Waals surface area contributed by atoms with Gasteiger partial charge in [0.05, 0.1) is 18.9 Å². The third-order valence-electron chi connectivity index (χ3n) is 5.21. The average molecular weight is 333 g/mol. The molecule has 2 aliphatic rings. The van der Waals surface area contributed by atoms with Crippen LogP contribution in [0.15, 0.2) is 24.3 Å². The van der Waals surface area contributed by atoms with Crippen LogP contribution in [0.4, 0.5) is 10.5 Å². The highest BCUT2D eigenvalue weighted by atomic mass is 16.5. The number of ether oxygens (including phenoxy) is 1. The summed E-state index contributed by atoms with van der Waals surface area (Å²) in [6, 6.07) is 7.64. The zero-order valence-electron chi connectivity index (χ0n) is 14.3. The number of likely N-dealkylation sites (tertiary alicyclic amines) is 1. The molecule has 2 amide bonds. The lowest BCUT2D eigenvalue weighted by Crippen LogP contribution is -2.62. The van der Waals surface area contributed by atoms with Crippen molar-refractivity contribution in [3.8, 4) is 5.75 Å². The molecular formula is C18H27N3O3. The van der Waals surface area contributed by atoms with Gasteiger partial charge in [0.15, 0.2) is 0 Å². The van der Waals surface area contributed by atoms with Gasteiger partial charge in [0.25, 0.3) is 0 Å². The summed E-state index contributed by atoms with van der Waals surface area (Å²) in [5.41, 5.74) is 0.471. The van der Waals surface area contributed by atoms with Crippen molar-refractivity contribution in [1.29, 1.82) is 0 Å². The number of anilines is 1. The van der Waals surface area contributed by atoms with E-state index in [1.165, 1.54) is 0 Å². The van der Waals surface area contributed by atoms with Gasteiger partial charge in [-0.15, -0.1) is 0 Å². The van der Waals surface area contributed by atoms with Gasteiger partial charge in [-0.3, -0.25) is 0 Å². The highest BCUT2D eigenvalue weighted by Gasteiger charge is 2.45. The van der Waals surface area contributed by atoms with E-state index in [4.69, 9.17) is 4.74 Å². The van der Waals surface area contributed by atoms with Crippen LogP contribution >= 0.6 is 0 Å². The van der Waals surface area contributed by atoms with E-state index in [9.17, 15) is 9.90 Å². The number of rotatable bonds is 4. The molecule has 24 heavy (non-hydrogen) atoms. The number of hydrogen-bond donors (Lipinski definition) is 3. The van der Waals surface area contributed by atoms with Crippen molar-refractivity contribution in [2.75, 3.05) is 38.2 Å². The zero-order chi connectivity index (χ0) is 17.0. The monoisotopic (exact) mass is 333 g/mol. The lowest BCUT2D eigenvalue weighted by molar-refractivity contribution is -0.00437. The topological polar surface area (TPSA) is 73.8 Å². The van der Waals surface area contributed by atoms with Gasteiger partial charge in [0.1, 0.15) is 5.75 Å². The summed E-state index contributed by atoms with van der Waals surface area (Å²) in [4.78, 5) is 14.5. The molecule has 2 heterocycles. The summed E-state index contributed by atoms with van der Waals surface area (Å²) in [6.45, 7) is 4.87. The molecule has 2 unspecified atom stereocenters. The van der Waals surface area contributed by atoms with Gasteiger partial charge in [-0.2, -0.15) is 0 Å². The lowest BCUT2D eigenvalue weighted by atomic mass is 9.71. The molecule has 0 aliphatic carbocycles. The van der Waals surface area contributed by atoms with Crippen LogP contribution in [0.25, 0.3) is 0 Å². The Morgan fingerprint density at radius 1 is 1.50 bits per heavy atom. The molecule has 3 rings (SSSR count). The Morgan fingerprint density at radius 3 is 3.12 bits per heavy atom. The van der Waals surface area contributed by atoms with Gasteiger partial charge in [-0.1, -0.05) is 12.1 Å². The van der Waals surface area contributed by atoms with Crippen LogP contribution in [-0.2, 0) is 0 Å². The number of carbonyl (C=O) groups is 1. The summed E-state index contributed by atoms with van der Waals surface area (Å²) >= 11 is 0. The van der Waals surface area contributed by atoms with Crippen LogP contribution in [-0.4, -0.2) is 54.9 Å². The number of carbonyl (C=O) groups excluding carboxylic acids is 1. The highest BCUT2D eigenvalue weighted by molar-refractivity contribution is 5.91. The number of fused-ring (bicyclic) bond motifs is 1. The third-order valence-corrected chi connectivity index (χ3v) is 5.21. The van der Waals surface area contributed by atoms with E-state index in [2.05, 4.69) is 10.6 Å². The quantitative estimate of drug-likeness (QED) is 0.788. The molecule has 6 heteroatoms. The summed E-state index contributed by atoms with van der Waals surface area (Å²) in [5, 5.41) is 16.4. The molecular weight excluding hydrogens is 306 g/mol. The van der Waals surface area contributed by atoms with Crippen molar-refractivity contribution in [3.05, 3.63) is 24.3 Å². The Morgan fingerprint density at radius 2 is 2.33 bits per heavy atom. The Hall–Kier alpha value is -1.79. The first-order chi connectivity index (χ1) is 11.7. The van der Waals surface area contributed by atoms with E-state index in [1.807, 2.05) is 36.1 Å². The number of piperidine rings is 2. The van der Waals surface area contributed by atoms with Crippen LogP contribution in [0.5, 0.6) is 5.75 Å². The molecule has 2 fully saturated rings. The van der Waals surface area contributed by atoms with E-state index in [0.29, 0.717) is 37.2 Å². The SMILES string of the molecule is CCOc1ccccc1NC(=O)N1CCC2NCCCC2(CO)C1.